The van der Waals surface area contributed by atoms with Crippen molar-refractivity contribution in [2.45, 2.75) is 6.92 Å². The number of hydrogen-bond acceptors (Lipinski definition) is 5. The largest absolute Gasteiger partial charge is 0.398 e. The predicted octanol–water partition coefficient (Wildman–Crippen LogP) is 1.01. The third-order valence-corrected chi connectivity index (χ3v) is 2.12. The molecule has 2 aromatic rings. The van der Waals surface area contributed by atoms with E-state index in [2.05, 4.69) is 20.3 Å². The molecule has 0 aromatic carbocycles. The zero-order valence-corrected chi connectivity index (χ0v) is 9.21. The standard InChI is InChI=1S/C11H11N5O/c1-7-4-9(12)8(5-15-7)11(17)16-10-6-13-2-3-14-10/h2-6H,1H3,(H2,12,15)(H,14,16,17). The van der Waals surface area contributed by atoms with E-state index in [0.717, 1.165) is 5.69 Å². The van der Waals surface area contributed by atoms with Crippen molar-refractivity contribution in [2.75, 3.05) is 11.1 Å². The average Bonchev–Trinajstić information content (AvgIpc) is 2.30. The molecule has 2 rings (SSSR count). The first-order valence-corrected chi connectivity index (χ1v) is 4.96. The Hall–Kier alpha value is -2.50. The van der Waals surface area contributed by atoms with E-state index in [-0.39, 0.29) is 5.91 Å². The summed E-state index contributed by atoms with van der Waals surface area (Å²) in [5.41, 5.74) is 7.21. The lowest BCUT2D eigenvalue weighted by Gasteiger charge is -2.06. The van der Waals surface area contributed by atoms with Gasteiger partial charge in [0.25, 0.3) is 5.91 Å². The average molecular weight is 229 g/mol. The second-order valence-electron chi connectivity index (χ2n) is 3.46. The molecule has 0 radical (unpaired) electrons. The van der Waals surface area contributed by atoms with Gasteiger partial charge >= 0.3 is 0 Å². The van der Waals surface area contributed by atoms with E-state index in [1.165, 1.54) is 24.8 Å². The lowest BCUT2D eigenvalue weighted by Crippen LogP contribution is -2.15. The van der Waals surface area contributed by atoms with Crippen molar-refractivity contribution in [1.29, 1.82) is 0 Å². The Morgan fingerprint density at radius 1 is 1.29 bits per heavy atom. The number of carbonyl (C=O) groups excluding carboxylic acids is 1. The highest BCUT2D eigenvalue weighted by molar-refractivity contribution is 6.07. The van der Waals surface area contributed by atoms with Crippen LogP contribution in [0.2, 0.25) is 0 Å². The number of aromatic nitrogens is 3. The highest BCUT2D eigenvalue weighted by Gasteiger charge is 2.11. The lowest BCUT2D eigenvalue weighted by atomic mass is 10.2. The molecule has 6 nitrogen and oxygen atoms in total. The van der Waals surface area contributed by atoms with E-state index in [4.69, 9.17) is 5.73 Å². The van der Waals surface area contributed by atoms with Crippen molar-refractivity contribution >= 4 is 17.4 Å². The number of carbonyl (C=O) groups is 1. The monoisotopic (exact) mass is 229 g/mol. The summed E-state index contributed by atoms with van der Waals surface area (Å²) < 4.78 is 0. The molecule has 0 aliphatic carbocycles. The molecule has 86 valence electrons. The fraction of sp³-hybridized carbons (Fsp3) is 0.0909. The number of pyridine rings is 1. The van der Waals surface area contributed by atoms with Gasteiger partial charge in [0.1, 0.15) is 0 Å². The van der Waals surface area contributed by atoms with Crippen molar-refractivity contribution < 1.29 is 4.79 Å². The van der Waals surface area contributed by atoms with E-state index < -0.39 is 0 Å². The third-order valence-electron chi connectivity index (χ3n) is 2.12. The molecule has 17 heavy (non-hydrogen) atoms. The van der Waals surface area contributed by atoms with Gasteiger partial charge in [-0.2, -0.15) is 0 Å². The fourth-order valence-electron chi connectivity index (χ4n) is 1.32. The number of nitrogens with zero attached hydrogens (tertiary/aromatic N) is 3. The Morgan fingerprint density at radius 3 is 2.76 bits per heavy atom. The van der Waals surface area contributed by atoms with E-state index in [1.54, 1.807) is 13.0 Å². The van der Waals surface area contributed by atoms with Crippen LogP contribution in [-0.4, -0.2) is 20.9 Å². The van der Waals surface area contributed by atoms with Crippen LogP contribution >= 0.6 is 0 Å². The Morgan fingerprint density at radius 2 is 2.12 bits per heavy atom. The van der Waals surface area contributed by atoms with Crippen LogP contribution in [0, 0.1) is 6.92 Å². The first-order valence-electron chi connectivity index (χ1n) is 4.96. The number of rotatable bonds is 2. The number of nitrogens with one attached hydrogen (secondary N) is 1. The summed E-state index contributed by atoms with van der Waals surface area (Å²) in [6, 6.07) is 1.64. The second-order valence-corrected chi connectivity index (χ2v) is 3.46. The normalized spacial score (nSPS) is 9.94. The van der Waals surface area contributed by atoms with E-state index in [0.29, 0.717) is 17.1 Å². The fourth-order valence-corrected chi connectivity index (χ4v) is 1.32. The molecule has 1 amide bonds. The van der Waals surface area contributed by atoms with Crippen LogP contribution in [0.25, 0.3) is 0 Å². The Bertz CT molecular complexity index is 541. The second kappa shape index (κ2) is 4.56. The number of amides is 1. The summed E-state index contributed by atoms with van der Waals surface area (Å²) >= 11 is 0. The van der Waals surface area contributed by atoms with Gasteiger partial charge in [0.05, 0.1) is 11.8 Å². The Balaban J connectivity index is 2.21. The van der Waals surface area contributed by atoms with Gasteiger partial charge in [-0.15, -0.1) is 0 Å². The molecule has 0 atom stereocenters. The SMILES string of the molecule is Cc1cc(N)c(C(=O)Nc2cnccn2)cn1. The van der Waals surface area contributed by atoms with Crippen molar-refractivity contribution in [2.24, 2.45) is 0 Å². The molecule has 0 aliphatic rings. The van der Waals surface area contributed by atoms with Crippen molar-refractivity contribution in [3.63, 3.8) is 0 Å². The zero-order chi connectivity index (χ0) is 12.3. The van der Waals surface area contributed by atoms with Crippen LogP contribution in [0.5, 0.6) is 0 Å². The van der Waals surface area contributed by atoms with E-state index >= 15 is 0 Å². The molecule has 0 saturated heterocycles. The number of hydrogen-bond donors (Lipinski definition) is 2. The van der Waals surface area contributed by atoms with Crippen LogP contribution in [-0.2, 0) is 0 Å². The molecule has 0 aliphatic heterocycles. The molecule has 6 heteroatoms. The maximum atomic E-state index is 11.8. The van der Waals surface area contributed by atoms with Crippen molar-refractivity contribution in [3.05, 3.63) is 42.1 Å². The molecule has 3 N–H and O–H groups in total. The van der Waals surface area contributed by atoms with Gasteiger partial charge in [-0.05, 0) is 13.0 Å². The number of aryl methyl sites for hydroxylation is 1. The summed E-state index contributed by atoms with van der Waals surface area (Å²) in [6.45, 7) is 1.81. The van der Waals surface area contributed by atoms with Gasteiger partial charge in [-0.25, -0.2) is 4.98 Å². The molecular weight excluding hydrogens is 218 g/mol. The summed E-state index contributed by atoms with van der Waals surface area (Å²) in [7, 11) is 0. The molecule has 0 fully saturated rings. The van der Waals surface area contributed by atoms with E-state index in [9.17, 15) is 4.79 Å². The summed E-state index contributed by atoms with van der Waals surface area (Å²) in [6.07, 6.45) is 5.91. The highest BCUT2D eigenvalue weighted by Crippen LogP contribution is 2.12. The van der Waals surface area contributed by atoms with Gasteiger partial charge in [-0.1, -0.05) is 0 Å². The smallest absolute Gasteiger partial charge is 0.260 e. The zero-order valence-electron chi connectivity index (χ0n) is 9.21. The molecular formula is C11H11N5O. The van der Waals surface area contributed by atoms with Crippen LogP contribution in [0.3, 0.4) is 0 Å². The van der Waals surface area contributed by atoms with E-state index in [1.807, 2.05) is 0 Å². The van der Waals surface area contributed by atoms with Gasteiger partial charge in [0.2, 0.25) is 0 Å². The number of anilines is 2. The predicted molar refractivity (Wildman–Crippen MR) is 63.4 cm³/mol. The van der Waals surface area contributed by atoms with Crippen LogP contribution in [0.15, 0.2) is 30.9 Å². The van der Waals surface area contributed by atoms with Gasteiger partial charge < -0.3 is 11.1 Å². The third kappa shape index (κ3) is 2.54. The topological polar surface area (TPSA) is 93.8 Å². The first kappa shape index (κ1) is 11.0. The van der Waals surface area contributed by atoms with Crippen molar-refractivity contribution in [1.82, 2.24) is 15.0 Å². The maximum absolute atomic E-state index is 11.8. The lowest BCUT2D eigenvalue weighted by molar-refractivity contribution is 0.102. The molecule has 2 aromatic heterocycles. The minimum absolute atomic E-state index is 0.321. The van der Waals surface area contributed by atoms with Crippen LogP contribution in [0.4, 0.5) is 11.5 Å². The molecule has 2 heterocycles. The van der Waals surface area contributed by atoms with Crippen molar-refractivity contribution in [3.8, 4) is 0 Å². The summed E-state index contributed by atoms with van der Waals surface area (Å²) in [4.78, 5) is 23.7. The maximum Gasteiger partial charge on any atom is 0.260 e. The van der Waals surface area contributed by atoms with Crippen LogP contribution < -0.4 is 11.1 Å². The number of nitrogen functional groups attached to an aromatic ring is 1. The Kier molecular flexibility index (Phi) is 2.95. The molecule has 0 spiro atoms. The molecule has 0 unspecified atom stereocenters. The Labute approximate surface area is 97.9 Å². The van der Waals surface area contributed by atoms with Gasteiger partial charge in [0.15, 0.2) is 5.82 Å². The minimum Gasteiger partial charge on any atom is -0.398 e. The first-order chi connectivity index (χ1) is 8.16. The number of nitrogens with two attached hydrogens (primary N) is 1. The highest BCUT2D eigenvalue weighted by atomic mass is 16.1. The van der Waals surface area contributed by atoms with Gasteiger partial charge in [0, 0.05) is 30.0 Å². The minimum atomic E-state index is -0.351. The van der Waals surface area contributed by atoms with Gasteiger partial charge in [-0.3, -0.25) is 14.8 Å². The summed E-state index contributed by atoms with van der Waals surface area (Å²) in [5.74, 6) is 0.0213. The molecule has 0 bridgehead atoms. The van der Waals surface area contributed by atoms with Crippen LogP contribution in [0.1, 0.15) is 16.1 Å². The quantitative estimate of drug-likeness (QED) is 0.801. The molecule has 0 saturated carbocycles. The summed E-state index contributed by atoms with van der Waals surface area (Å²) in [5, 5.41) is 2.59.